The molecule has 0 spiro atoms. The van der Waals surface area contributed by atoms with Crippen LogP contribution in [0.1, 0.15) is 20.8 Å². The molecule has 4 nitrogen and oxygen atoms in total. The lowest BCUT2D eigenvalue weighted by Crippen LogP contribution is -2.47. The fourth-order valence-electron chi connectivity index (χ4n) is 0.846. The molecule has 11 heavy (non-hydrogen) atoms. The first-order chi connectivity index (χ1) is 4.83. The van der Waals surface area contributed by atoms with Crippen LogP contribution in [0.15, 0.2) is 0 Å². The first-order valence-corrected chi connectivity index (χ1v) is 3.72. The normalized spacial score (nSPS) is 19.5. The number of alkyl halides is 1. The van der Waals surface area contributed by atoms with E-state index in [2.05, 4.69) is 0 Å². The van der Waals surface area contributed by atoms with Crippen LogP contribution in [0, 0.1) is 16.0 Å². The van der Waals surface area contributed by atoms with E-state index in [1.54, 1.807) is 13.8 Å². The predicted octanol–water partition coefficient (Wildman–Crippen LogP) is 1.23. The molecule has 1 N–H and O–H groups in total. The van der Waals surface area contributed by atoms with Gasteiger partial charge in [-0.3, -0.25) is 10.1 Å². The minimum Gasteiger partial charge on any atom is -0.384 e. The first kappa shape index (κ1) is 10.7. The number of aliphatic hydroxyl groups excluding tert-OH is 1. The fraction of sp³-hybridized carbons (Fsp3) is 1.00. The summed E-state index contributed by atoms with van der Waals surface area (Å²) >= 11 is 5.59. The molecule has 0 fully saturated rings. The topological polar surface area (TPSA) is 63.4 Å². The monoisotopic (exact) mass is 181 g/mol. The van der Waals surface area contributed by atoms with Gasteiger partial charge in [0.1, 0.15) is 6.10 Å². The van der Waals surface area contributed by atoms with Crippen molar-refractivity contribution in [1.29, 1.82) is 0 Å². The highest BCUT2D eigenvalue weighted by Gasteiger charge is 2.49. The van der Waals surface area contributed by atoms with Gasteiger partial charge in [0.2, 0.25) is 0 Å². The molecule has 0 aromatic carbocycles. The Balaban J connectivity index is 4.67. The average Bonchev–Trinajstić information content (AvgIpc) is 1.84. The summed E-state index contributed by atoms with van der Waals surface area (Å²) in [5.41, 5.74) is 0. The second-order valence-corrected chi connectivity index (χ2v) is 3.42. The summed E-state index contributed by atoms with van der Waals surface area (Å²) in [6.07, 6.45) is -1.15. The molecule has 0 amide bonds. The molecular weight excluding hydrogens is 170 g/mol. The highest BCUT2D eigenvalue weighted by molar-refractivity contribution is 6.23. The van der Waals surface area contributed by atoms with Crippen LogP contribution in [-0.4, -0.2) is 21.1 Å². The van der Waals surface area contributed by atoms with Crippen LogP contribution in [0.3, 0.4) is 0 Å². The quantitative estimate of drug-likeness (QED) is 0.308. The Kier molecular flexibility index (Phi) is 3.26. The molecule has 5 heteroatoms. The van der Waals surface area contributed by atoms with Gasteiger partial charge in [-0.05, 0) is 18.5 Å². The highest BCUT2D eigenvalue weighted by Crippen LogP contribution is 2.29. The van der Waals surface area contributed by atoms with Crippen molar-refractivity contribution in [2.45, 2.75) is 31.9 Å². The lowest BCUT2D eigenvalue weighted by atomic mass is 9.99. The maximum absolute atomic E-state index is 10.4. The van der Waals surface area contributed by atoms with E-state index in [0.29, 0.717) is 0 Å². The number of aliphatic hydroxyl groups is 1. The molecule has 0 aromatic rings. The molecule has 0 bridgehead atoms. The van der Waals surface area contributed by atoms with Crippen LogP contribution in [0.25, 0.3) is 0 Å². The summed E-state index contributed by atoms with van der Waals surface area (Å²) in [6.45, 7) is 4.51. The Bertz CT molecular complexity index is 150. The number of halogens is 1. The zero-order valence-corrected chi connectivity index (χ0v) is 7.50. The zero-order chi connectivity index (χ0) is 9.23. The van der Waals surface area contributed by atoms with Gasteiger partial charge in [0.05, 0.1) is 0 Å². The number of hydrogen-bond acceptors (Lipinski definition) is 3. The van der Waals surface area contributed by atoms with Gasteiger partial charge >= 0.3 is 5.00 Å². The molecule has 2 unspecified atom stereocenters. The number of nitrogens with zero attached hydrogens (tertiary/aromatic N) is 1. The van der Waals surface area contributed by atoms with Gasteiger partial charge in [0.15, 0.2) is 0 Å². The largest absolute Gasteiger partial charge is 0.384 e. The molecule has 0 aliphatic carbocycles. The van der Waals surface area contributed by atoms with E-state index in [1.807, 2.05) is 0 Å². The van der Waals surface area contributed by atoms with Crippen molar-refractivity contribution in [3.05, 3.63) is 10.1 Å². The molecule has 0 saturated heterocycles. The first-order valence-electron chi connectivity index (χ1n) is 3.35. The third kappa shape index (κ3) is 1.81. The summed E-state index contributed by atoms with van der Waals surface area (Å²) < 4.78 is 0. The molecule has 0 aromatic heterocycles. The lowest BCUT2D eigenvalue weighted by Gasteiger charge is -2.24. The van der Waals surface area contributed by atoms with Crippen molar-refractivity contribution < 1.29 is 10.0 Å². The van der Waals surface area contributed by atoms with Gasteiger partial charge in [-0.2, -0.15) is 0 Å². The molecule has 2 atom stereocenters. The molecule has 0 radical (unpaired) electrons. The van der Waals surface area contributed by atoms with E-state index in [9.17, 15) is 10.1 Å². The summed E-state index contributed by atoms with van der Waals surface area (Å²) in [5, 5.41) is 19.5. The predicted molar refractivity (Wildman–Crippen MR) is 42.1 cm³/mol. The van der Waals surface area contributed by atoms with E-state index in [4.69, 9.17) is 16.7 Å². The zero-order valence-electron chi connectivity index (χ0n) is 6.74. The van der Waals surface area contributed by atoms with Crippen molar-refractivity contribution in [1.82, 2.24) is 0 Å². The molecule has 66 valence electrons. The highest BCUT2D eigenvalue weighted by atomic mass is 35.5. The summed E-state index contributed by atoms with van der Waals surface area (Å²) in [4.78, 5) is 8.02. The lowest BCUT2D eigenvalue weighted by molar-refractivity contribution is -0.562. The van der Waals surface area contributed by atoms with Crippen molar-refractivity contribution in [3.8, 4) is 0 Å². The minimum absolute atomic E-state index is 0.404. The van der Waals surface area contributed by atoms with Crippen molar-refractivity contribution in [2.24, 2.45) is 5.92 Å². The van der Waals surface area contributed by atoms with Crippen LogP contribution in [0.5, 0.6) is 0 Å². The van der Waals surface area contributed by atoms with Gasteiger partial charge in [-0.1, -0.05) is 13.8 Å². The SMILES string of the molecule is CC(C)C(Cl)(C(C)O)[N+](=O)[O-]. The van der Waals surface area contributed by atoms with E-state index in [-0.39, 0.29) is 0 Å². The van der Waals surface area contributed by atoms with E-state index in [1.165, 1.54) is 6.92 Å². The Morgan fingerprint density at radius 1 is 1.55 bits per heavy atom. The summed E-state index contributed by atoms with van der Waals surface area (Å²) in [7, 11) is 0. The van der Waals surface area contributed by atoms with Gasteiger partial charge in [0.25, 0.3) is 0 Å². The fourth-order valence-corrected chi connectivity index (χ4v) is 0.846. The van der Waals surface area contributed by atoms with Crippen molar-refractivity contribution in [3.63, 3.8) is 0 Å². The molecular formula is C6H12ClNO3. The molecule has 0 aliphatic heterocycles. The van der Waals surface area contributed by atoms with E-state index >= 15 is 0 Å². The second-order valence-electron chi connectivity index (χ2n) is 2.82. The molecule has 0 aliphatic rings. The Labute approximate surface area is 70.3 Å². The standard InChI is InChI=1S/C6H12ClNO3/c1-4(2)6(7,5(3)9)8(10)11/h4-5,9H,1-3H3. The number of nitro groups is 1. The van der Waals surface area contributed by atoms with E-state index in [0.717, 1.165) is 0 Å². The maximum atomic E-state index is 10.4. The molecule has 0 heterocycles. The maximum Gasteiger partial charge on any atom is 0.322 e. The van der Waals surface area contributed by atoms with Gasteiger partial charge in [0, 0.05) is 10.8 Å². The Hall–Kier alpha value is -0.350. The van der Waals surface area contributed by atoms with Crippen LogP contribution in [0.2, 0.25) is 0 Å². The summed E-state index contributed by atoms with van der Waals surface area (Å²) in [6, 6.07) is 0. The van der Waals surface area contributed by atoms with E-state index < -0.39 is 21.9 Å². The Morgan fingerprint density at radius 3 is 1.91 bits per heavy atom. The van der Waals surface area contributed by atoms with Crippen LogP contribution < -0.4 is 0 Å². The van der Waals surface area contributed by atoms with Crippen LogP contribution >= 0.6 is 11.6 Å². The smallest absolute Gasteiger partial charge is 0.322 e. The molecule has 0 saturated carbocycles. The van der Waals surface area contributed by atoms with Crippen molar-refractivity contribution in [2.75, 3.05) is 0 Å². The summed E-state index contributed by atoms with van der Waals surface area (Å²) in [5.74, 6) is -0.404. The Morgan fingerprint density at radius 2 is 1.91 bits per heavy atom. The minimum atomic E-state index is -1.75. The van der Waals surface area contributed by atoms with Gasteiger partial charge in [-0.25, -0.2) is 0 Å². The van der Waals surface area contributed by atoms with Gasteiger partial charge in [-0.15, -0.1) is 0 Å². The van der Waals surface area contributed by atoms with Gasteiger partial charge < -0.3 is 5.11 Å². The molecule has 0 rings (SSSR count). The third-order valence-electron chi connectivity index (χ3n) is 1.68. The average molecular weight is 182 g/mol. The number of rotatable bonds is 3. The van der Waals surface area contributed by atoms with Crippen molar-refractivity contribution >= 4 is 11.6 Å². The van der Waals surface area contributed by atoms with Crippen LogP contribution in [0.4, 0.5) is 0 Å². The van der Waals surface area contributed by atoms with Crippen LogP contribution in [-0.2, 0) is 0 Å². The number of hydrogen-bond donors (Lipinski definition) is 1. The third-order valence-corrected chi connectivity index (χ3v) is 2.57. The second kappa shape index (κ2) is 3.36.